The van der Waals surface area contributed by atoms with Gasteiger partial charge < -0.3 is 10.1 Å². The Morgan fingerprint density at radius 2 is 2.08 bits per heavy atom. The molecular formula is C17H17ClFN3O4. The predicted molar refractivity (Wildman–Crippen MR) is 96.0 cm³/mol. The van der Waals surface area contributed by atoms with Crippen LogP contribution in [0.15, 0.2) is 36.4 Å². The number of halogens is 2. The molecule has 0 saturated heterocycles. The number of benzene rings is 2. The van der Waals surface area contributed by atoms with E-state index in [1.54, 1.807) is 18.0 Å². The highest BCUT2D eigenvalue weighted by molar-refractivity contribution is 6.31. The molecule has 0 heterocycles. The van der Waals surface area contributed by atoms with E-state index in [1.807, 2.05) is 0 Å². The molecule has 0 fully saturated rings. The van der Waals surface area contributed by atoms with E-state index in [0.29, 0.717) is 12.1 Å². The molecule has 0 radical (unpaired) electrons. The van der Waals surface area contributed by atoms with E-state index in [2.05, 4.69) is 5.32 Å². The number of nitro benzene ring substituents is 1. The Bertz CT molecular complexity index is 832. The predicted octanol–water partition coefficient (Wildman–Crippen LogP) is 3.47. The molecule has 0 atom stereocenters. The molecule has 0 aromatic heterocycles. The van der Waals surface area contributed by atoms with Crippen molar-refractivity contribution in [1.82, 2.24) is 4.90 Å². The van der Waals surface area contributed by atoms with Gasteiger partial charge in [0.15, 0.2) is 11.6 Å². The Morgan fingerprint density at radius 3 is 2.69 bits per heavy atom. The number of nitro groups is 1. The molecule has 9 heteroatoms. The number of hydrogen-bond donors (Lipinski definition) is 1. The van der Waals surface area contributed by atoms with Crippen molar-refractivity contribution in [1.29, 1.82) is 0 Å². The Kier molecular flexibility index (Phi) is 6.48. The fourth-order valence-corrected chi connectivity index (χ4v) is 2.54. The van der Waals surface area contributed by atoms with Crippen molar-refractivity contribution in [2.75, 3.05) is 26.0 Å². The second kappa shape index (κ2) is 8.59. The first-order valence-electron chi connectivity index (χ1n) is 7.55. The molecule has 2 aromatic rings. The SMILES string of the molecule is COc1ccc(CN(C)CC(=O)Nc2ccc(Cl)cc2[N+](=O)[O-])cc1F. The van der Waals surface area contributed by atoms with Gasteiger partial charge in [-0.1, -0.05) is 17.7 Å². The molecule has 2 rings (SSSR count). The van der Waals surface area contributed by atoms with Crippen molar-refractivity contribution in [3.05, 3.63) is 62.9 Å². The third-order valence-corrected chi connectivity index (χ3v) is 3.75. The van der Waals surface area contributed by atoms with Gasteiger partial charge in [-0.05, 0) is 36.9 Å². The van der Waals surface area contributed by atoms with E-state index in [-0.39, 0.29) is 28.7 Å². The second-order valence-corrected chi connectivity index (χ2v) is 6.04. The number of methoxy groups -OCH3 is 1. The van der Waals surface area contributed by atoms with Crippen molar-refractivity contribution in [2.45, 2.75) is 6.54 Å². The summed E-state index contributed by atoms with van der Waals surface area (Å²) in [6.07, 6.45) is 0. The molecule has 26 heavy (non-hydrogen) atoms. The maximum absolute atomic E-state index is 13.7. The first kappa shape index (κ1) is 19.6. The number of carbonyl (C=O) groups is 1. The molecule has 138 valence electrons. The molecule has 0 aliphatic rings. The fraction of sp³-hybridized carbons (Fsp3) is 0.235. The summed E-state index contributed by atoms with van der Waals surface area (Å²) in [5.41, 5.74) is 0.440. The molecule has 1 amide bonds. The summed E-state index contributed by atoms with van der Waals surface area (Å²) in [5, 5.41) is 13.7. The van der Waals surface area contributed by atoms with E-state index < -0.39 is 16.6 Å². The van der Waals surface area contributed by atoms with Crippen LogP contribution < -0.4 is 10.1 Å². The van der Waals surface area contributed by atoms with Gasteiger partial charge in [-0.2, -0.15) is 0 Å². The van der Waals surface area contributed by atoms with Crippen molar-refractivity contribution >= 4 is 28.9 Å². The lowest BCUT2D eigenvalue weighted by atomic mass is 10.2. The molecule has 0 aliphatic carbocycles. The lowest BCUT2D eigenvalue weighted by Crippen LogP contribution is -2.30. The van der Waals surface area contributed by atoms with E-state index >= 15 is 0 Å². The van der Waals surface area contributed by atoms with Crippen molar-refractivity contribution in [3.8, 4) is 5.75 Å². The van der Waals surface area contributed by atoms with Crippen LogP contribution in [-0.4, -0.2) is 36.4 Å². The van der Waals surface area contributed by atoms with Crippen LogP contribution in [0.1, 0.15) is 5.56 Å². The van der Waals surface area contributed by atoms with Crippen LogP contribution >= 0.6 is 11.6 Å². The summed E-state index contributed by atoms with van der Waals surface area (Å²) in [5.74, 6) is -0.782. The summed E-state index contributed by atoms with van der Waals surface area (Å²) < 4.78 is 18.6. The maximum Gasteiger partial charge on any atom is 0.294 e. The topological polar surface area (TPSA) is 84.7 Å². The third-order valence-electron chi connectivity index (χ3n) is 3.51. The highest BCUT2D eigenvalue weighted by atomic mass is 35.5. The van der Waals surface area contributed by atoms with Gasteiger partial charge in [-0.3, -0.25) is 19.8 Å². The van der Waals surface area contributed by atoms with E-state index in [9.17, 15) is 19.3 Å². The quantitative estimate of drug-likeness (QED) is 0.586. The number of rotatable bonds is 7. The molecule has 0 unspecified atom stereocenters. The van der Waals surface area contributed by atoms with Crippen molar-refractivity contribution < 1.29 is 18.8 Å². The summed E-state index contributed by atoms with van der Waals surface area (Å²) >= 11 is 5.74. The highest BCUT2D eigenvalue weighted by Crippen LogP contribution is 2.27. The van der Waals surface area contributed by atoms with Crippen LogP contribution in [0.5, 0.6) is 5.75 Å². The number of amides is 1. The number of nitrogens with zero attached hydrogens (tertiary/aromatic N) is 2. The normalized spacial score (nSPS) is 10.7. The van der Waals surface area contributed by atoms with Gasteiger partial charge in [0.25, 0.3) is 5.69 Å². The number of carbonyl (C=O) groups excluding carboxylic acids is 1. The monoisotopic (exact) mass is 381 g/mol. The first-order valence-corrected chi connectivity index (χ1v) is 7.92. The van der Waals surface area contributed by atoms with E-state index in [4.69, 9.17) is 16.3 Å². The minimum Gasteiger partial charge on any atom is -0.494 e. The zero-order valence-electron chi connectivity index (χ0n) is 14.2. The molecular weight excluding hydrogens is 365 g/mol. The molecule has 0 aliphatic heterocycles. The standard InChI is InChI=1S/C17H17ClFN3O4/c1-21(9-11-3-6-16(26-2)13(19)7-11)10-17(23)20-14-5-4-12(18)8-15(14)22(24)25/h3-8H,9-10H2,1-2H3,(H,20,23). The Morgan fingerprint density at radius 1 is 1.35 bits per heavy atom. The Hall–Kier alpha value is -2.71. The van der Waals surface area contributed by atoms with Crippen LogP contribution in [0.2, 0.25) is 5.02 Å². The maximum atomic E-state index is 13.7. The second-order valence-electron chi connectivity index (χ2n) is 5.61. The molecule has 1 N–H and O–H groups in total. The zero-order chi connectivity index (χ0) is 19.3. The minimum absolute atomic E-state index is 0.0343. The molecule has 0 bridgehead atoms. The largest absolute Gasteiger partial charge is 0.494 e. The van der Waals surface area contributed by atoms with Crippen LogP contribution in [0.4, 0.5) is 15.8 Å². The van der Waals surface area contributed by atoms with Gasteiger partial charge in [-0.15, -0.1) is 0 Å². The summed E-state index contributed by atoms with van der Waals surface area (Å²) in [7, 11) is 3.06. The lowest BCUT2D eigenvalue weighted by Gasteiger charge is -2.17. The van der Waals surface area contributed by atoms with Crippen molar-refractivity contribution in [3.63, 3.8) is 0 Å². The number of anilines is 1. The summed E-state index contributed by atoms with van der Waals surface area (Å²) in [6, 6.07) is 8.53. The summed E-state index contributed by atoms with van der Waals surface area (Å²) in [4.78, 5) is 24.2. The average Bonchev–Trinajstić information content (AvgIpc) is 2.56. The molecule has 0 saturated carbocycles. The Labute approximate surface area is 154 Å². The van der Waals surface area contributed by atoms with Gasteiger partial charge in [0.05, 0.1) is 18.6 Å². The fourth-order valence-electron chi connectivity index (χ4n) is 2.37. The highest BCUT2D eigenvalue weighted by Gasteiger charge is 2.17. The van der Waals surface area contributed by atoms with Crippen LogP contribution in [0.3, 0.4) is 0 Å². The van der Waals surface area contributed by atoms with Crippen LogP contribution in [-0.2, 0) is 11.3 Å². The molecule has 7 nitrogen and oxygen atoms in total. The average molecular weight is 382 g/mol. The van der Waals surface area contributed by atoms with Gasteiger partial charge in [0.2, 0.25) is 5.91 Å². The minimum atomic E-state index is -0.620. The van der Waals surface area contributed by atoms with Crippen LogP contribution in [0, 0.1) is 15.9 Å². The van der Waals surface area contributed by atoms with Gasteiger partial charge in [-0.25, -0.2) is 4.39 Å². The zero-order valence-corrected chi connectivity index (χ0v) is 14.9. The van der Waals surface area contributed by atoms with Gasteiger partial charge in [0.1, 0.15) is 5.69 Å². The smallest absolute Gasteiger partial charge is 0.294 e. The Balaban J connectivity index is 1.99. The molecule has 2 aromatic carbocycles. The molecule has 0 spiro atoms. The third kappa shape index (κ3) is 5.14. The lowest BCUT2D eigenvalue weighted by molar-refractivity contribution is -0.383. The number of nitrogens with one attached hydrogen (secondary N) is 1. The number of hydrogen-bond acceptors (Lipinski definition) is 5. The van der Waals surface area contributed by atoms with Crippen molar-refractivity contribution in [2.24, 2.45) is 0 Å². The van der Waals surface area contributed by atoms with Crippen LogP contribution in [0.25, 0.3) is 0 Å². The first-order chi connectivity index (χ1) is 12.3. The van der Waals surface area contributed by atoms with E-state index in [0.717, 1.165) is 0 Å². The number of likely N-dealkylation sites (N-methyl/N-ethyl adjacent to an activating group) is 1. The van der Waals surface area contributed by atoms with Gasteiger partial charge >= 0.3 is 0 Å². The van der Waals surface area contributed by atoms with E-state index in [1.165, 1.54) is 37.4 Å². The van der Waals surface area contributed by atoms with Gasteiger partial charge in [0, 0.05) is 17.6 Å². The summed E-state index contributed by atoms with van der Waals surface area (Å²) in [6.45, 7) is 0.282. The number of ether oxygens (including phenoxy) is 1.